The zero-order valence-corrected chi connectivity index (χ0v) is 8.02. The van der Waals surface area contributed by atoms with E-state index in [1.807, 2.05) is 0 Å². The minimum Gasteiger partial charge on any atom is -0.258 e. The molecule has 0 atom stereocenters. The molecule has 0 N–H and O–H groups in total. The number of hydrogen-bond donors (Lipinski definition) is 0. The predicted molar refractivity (Wildman–Crippen MR) is 50.8 cm³/mol. The van der Waals surface area contributed by atoms with Crippen LogP contribution in [0.5, 0.6) is 0 Å². The highest BCUT2D eigenvalue weighted by atomic mass is 35.5. The Morgan fingerprint density at radius 2 is 1.86 bits per heavy atom. The Kier molecular flexibility index (Phi) is 4.51. The third-order valence-electron chi connectivity index (χ3n) is 1.27. The fourth-order valence-corrected chi connectivity index (χ4v) is 0.735. The van der Waals surface area contributed by atoms with Crippen molar-refractivity contribution in [2.45, 2.75) is 6.92 Å². The van der Waals surface area contributed by atoms with Crippen LogP contribution in [0.4, 0.5) is 0 Å². The highest BCUT2D eigenvalue weighted by molar-refractivity contribution is 6.31. The molecule has 0 aromatic carbocycles. The van der Waals surface area contributed by atoms with E-state index in [1.165, 1.54) is 6.92 Å². The number of hydrogen-bond acceptors (Lipinski definition) is 4. The summed E-state index contributed by atoms with van der Waals surface area (Å²) in [5.41, 5.74) is -0.991. The van der Waals surface area contributed by atoms with Crippen molar-refractivity contribution in [3.05, 3.63) is 55.4 Å². The van der Waals surface area contributed by atoms with E-state index in [-0.39, 0.29) is 5.03 Å². The fraction of sp³-hybridized carbons (Fsp3) is 0.143. The molecule has 0 spiro atoms. The topological polar surface area (TPSA) is 86.3 Å². The van der Waals surface area contributed by atoms with Crippen LogP contribution in [0, 0.1) is 20.2 Å². The van der Waals surface area contributed by atoms with Gasteiger partial charge in [-0.1, -0.05) is 18.2 Å². The van der Waals surface area contributed by atoms with Crippen LogP contribution in [-0.2, 0) is 0 Å². The standard InChI is InChI=1S/C7H7ClN2O4/c1-3-6(9(11)12)4-7(5(2)8)10(13)14/h3-4H,2H2,1H3/b6-3+,7-4+. The zero-order chi connectivity index (χ0) is 11.3. The summed E-state index contributed by atoms with van der Waals surface area (Å²) in [6.07, 6.45) is 1.89. The van der Waals surface area contributed by atoms with Gasteiger partial charge in [0.25, 0.3) is 11.4 Å². The summed E-state index contributed by atoms with van der Waals surface area (Å²) in [5.74, 6) is 0. The van der Waals surface area contributed by atoms with Gasteiger partial charge in [-0.15, -0.1) is 0 Å². The van der Waals surface area contributed by atoms with Crippen molar-refractivity contribution in [2.75, 3.05) is 0 Å². The van der Waals surface area contributed by atoms with Crippen LogP contribution in [0.15, 0.2) is 35.2 Å². The van der Waals surface area contributed by atoms with E-state index in [0.717, 1.165) is 12.2 Å². The summed E-state index contributed by atoms with van der Waals surface area (Å²) in [4.78, 5) is 19.1. The third kappa shape index (κ3) is 3.36. The Balaban J connectivity index is 5.20. The first-order valence-corrected chi connectivity index (χ1v) is 3.79. The van der Waals surface area contributed by atoms with Crippen LogP contribution >= 0.6 is 11.6 Å². The van der Waals surface area contributed by atoms with Crippen LogP contribution in [0.1, 0.15) is 6.92 Å². The van der Waals surface area contributed by atoms with Crippen molar-refractivity contribution in [1.82, 2.24) is 0 Å². The van der Waals surface area contributed by atoms with Gasteiger partial charge in [0.1, 0.15) is 5.03 Å². The van der Waals surface area contributed by atoms with Crippen molar-refractivity contribution >= 4 is 11.6 Å². The van der Waals surface area contributed by atoms with Gasteiger partial charge in [-0.25, -0.2) is 0 Å². The van der Waals surface area contributed by atoms with Gasteiger partial charge < -0.3 is 0 Å². The molecule has 0 aliphatic heterocycles. The van der Waals surface area contributed by atoms with E-state index in [2.05, 4.69) is 6.58 Å². The summed E-state index contributed by atoms with van der Waals surface area (Å²) in [6.45, 7) is 4.52. The first-order chi connectivity index (χ1) is 6.40. The monoisotopic (exact) mass is 218 g/mol. The molecule has 7 heteroatoms. The molecular weight excluding hydrogens is 212 g/mol. The highest BCUT2D eigenvalue weighted by Crippen LogP contribution is 2.15. The molecule has 0 saturated carbocycles. The van der Waals surface area contributed by atoms with E-state index in [4.69, 9.17) is 11.6 Å². The summed E-state index contributed by atoms with van der Waals surface area (Å²) in [6, 6.07) is 0. The predicted octanol–water partition coefficient (Wildman–Crippen LogP) is 2.08. The quantitative estimate of drug-likeness (QED) is 0.411. The summed E-state index contributed by atoms with van der Waals surface area (Å²) in [7, 11) is 0. The second kappa shape index (κ2) is 5.13. The molecule has 0 rings (SSSR count). The minimum atomic E-state index is -0.831. The van der Waals surface area contributed by atoms with Crippen LogP contribution in [0.25, 0.3) is 0 Å². The Hall–Kier alpha value is -1.69. The Labute approximate surface area is 84.5 Å². The van der Waals surface area contributed by atoms with Crippen LogP contribution in [-0.4, -0.2) is 9.85 Å². The summed E-state index contributed by atoms with van der Waals surface area (Å²) >= 11 is 5.29. The first-order valence-electron chi connectivity index (χ1n) is 3.41. The second-order valence-corrected chi connectivity index (χ2v) is 2.62. The fourth-order valence-electron chi connectivity index (χ4n) is 0.612. The first kappa shape index (κ1) is 12.3. The van der Waals surface area contributed by atoms with E-state index in [9.17, 15) is 20.2 Å². The van der Waals surface area contributed by atoms with Crippen molar-refractivity contribution < 1.29 is 9.85 Å². The lowest BCUT2D eigenvalue weighted by Gasteiger charge is -1.93. The maximum absolute atomic E-state index is 10.4. The SMILES string of the molecule is C=C(Cl)/C(=C\C(=C/C)[N+](=O)[O-])[N+](=O)[O-]. The average Bonchev–Trinajstić information content (AvgIpc) is 2.03. The van der Waals surface area contributed by atoms with Gasteiger partial charge in [-0.2, -0.15) is 0 Å². The Bertz CT molecular complexity index is 330. The molecule has 0 aromatic heterocycles. The molecule has 6 nitrogen and oxygen atoms in total. The lowest BCUT2D eigenvalue weighted by Crippen LogP contribution is -2.02. The van der Waals surface area contributed by atoms with Crippen molar-refractivity contribution in [3.63, 3.8) is 0 Å². The molecule has 0 fully saturated rings. The molecule has 0 bridgehead atoms. The maximum atomic E-state index is 10.4. The summed E-state index contributed by atoms with van der Waals surface area (Å²) < 4.78 is 0. The Morgan fingerprint density at radius 1 is 1.36 bits per heavy atom. The van der Waals surface area contributed by atoms with Gasteiger partial charge in [-0.3, -0.25) is 20.2 Å². The lowest BCUT2D eigenvalue weighted by molar-refractivity contribution is -0.431. The summed E-state index contributed by atoms with van der Waals surface area (Å²) in [5, 5.41) is 20.3. The maximum Gasteiger partial charge on any atom is 0.294 e. The van der Waals surface area contributed by atoms with E-state index in [1.54, 1.807) is 0 Å². The molecule has 0 aliphatic rings. The number of rotatable bonds is 4. The average molecular weight is 219 g/mol. The van der Waals surface area contributed by atoms with Crippen LogP contribution in [0.2, 0.25) is 0 Å². The Morgan fingerprint density at radius 3 is 2.07 bits per heavy atom. The molecule has 76 valence electrons. The van der Waals surface area contributed by atoms with Gasteiger partial charge in [0.15, 0.2) is 0 Å². The van der Waals surface area contributed by atoms with E-state index >= 15 is 0 Å². The van der Waals surface area contributed by atoms with Gasteiger partial charge in [0.05, 0.1) is 15.9 Å². The van der Waals surface area contributed by atoms with Gasteiger partial charge >= 0.3 is 0 Å². The van der Waals surface area contributed by atoms with Crippen LogP contribution in [0.3, 0.4) is 0 Å². The lowest BCUT2D eigenvalue weighted by atomic mass is 10.3. The van der Waals surface area contributed by atoms with Gasteiger partial charge in [0.2, 0.25) is 0 Å². The minimum absolute atomic E-state index is 0.351. The number of nitro groups is 2. The third-order valence-corrected chi connectivity index (χ3v) is 1.46. The normalized spacial score (nSPS) is 12.4. The van der Waals surface area contributed by atoms with Crippen molar-refractivity contribution in [3.8, 4) is 0 Å². The highest BCUT2D eigenvalue weighted by Gasteiger charge is 2.18. The van der Waals surface area contributed by atoms with Gasteiger partial charge in [-0.05, 0) is 13.0 Å². The second-order valence-electron chi connectivity index (χ2n) is 2.16. The molecule has 0 heterocycles. The molecule has 0 radical (unpaired) electrons. The van der Waals surface area contributed by atoms with E-state index in [0.29, 0.717) is 0 Å². The number of nitrogens with zero attached hydrogens (tertiary/aromatic N) is 2. The zero-order valence-electron chi connectivity index (χ0n) is 7.27. The molecular formula is C7H7ClN2O4. The molecule has 14 heavy (non-hydrogen) atoms. The molecule has 0 unspecified atom stereocenters. The number of halogens is 1. The van der Waals surface area contributed by atoms with Gasteiger partial charge in [0, 0.05) is 0 Å². The molecule has 0 amide bonds. The largest absolute Gasteiger partial charge is 0.294 e. The molecule has 0 saturated heterocycles. The smallest absolute Gasteiger partial charge is 0.258 e. The van der Waals surface area contributed by atoms with Crippen molar-refractivity contribution in [2.24, 2.45) is 0 Å². The molecule has 0 aromatic rings. The molecule has 0 aliphatic carbocycles. The number of allylic oxidation sites excluding steroid dienone is 3. The van der Waals surface area contributed by atoms with E-state index < -0.39 is 21.2 Å². The van der Waals surface area contributed by atoms with Crippen molar-refractivity contribution in [1.29, 1.82) is 0 Å². The van der Waals surface area contributed by atoms with Crippen LogP contribution < -0.4 is 0 Å².